The number of hydrogen-bond acceptors (Lipinski definition) is 4. The predicted molar refractivity (Wildman–Crippen MR) is 69.7 cm³/mol. The summed E-state index contributed by atoms with van der Waals surface area (Å²) < 4.78 is 0. The maximum absolute atomic E-state index is 8.62. The van der Waals surface area contributed by atoms with Crippen molar-refractivity contribution < 1.29 is 5.21 Å². The summed E-state index contributed by atoms with van der Waals surface area (Å²) in [6, 6.07) is 3.58. The van der Waals surface area contributed by atoms with Crippen LogP contribution in [0.5, 0.6) is 0 Å². The van der Waals surface area contributed by atoms with Gasteiger partial charge in [0.15, 0.2) is 0 Å². The molecule has 0 aliphatic heterocycles. The highest BCUT2D eigenvalue weighted by atomic mass is 35.5. The number of hydrogen-bond donors (Lipinski definition) is 2. The fraction of sp³-hybridized carbons (Fsp3) is 0.455. The van der Waals surface area contributed by atoms with Crippen LogP contribution in [-0.2, 0) is 0 Å². The molecule has 1 heterocycles. The lowest BCUT2D eigenvalue weighted by molar-refractivity contribution is 0.314. The first-order chi connectivity index (χ1) is 8.10. The second-order valence-corrected chi connectivity index (χ2v) is 4.18. The molecule has 0 radical (unpaired) electrons. The van der Waals surface area contributed by atoms with Gasteiger partial charge in [-0.15, -0.1) is 0 Å². The van der Waals surface area contributed by atoms with Crippen LogP contribution in [0.25, 0.3) is 0 Å². The van der Waals surface area contributed by atoms with Crippen molar-refractivity contribution in [3.63, 3.8) is 0 Å². The van der Waals surface area contributed by atoms with Crippen molar-refractivity contribution in [1.82, 2.24) is 4.98 Å². The number of nitrogens with zero attached hydrogens (tertiary/aromatic N) is 3. The Morgan fingerprint density at radius 3 is 2.94 bits per heavy atom. The van der Waals surface area contributed by atoms with Gasteiger partial charge in [0, 0.05) is 25.2 Å². The lowest BCUT2D eigenvalue weighted by Gasteiger charge is -2.25. The topological polar surface area (TPSA) is 74.7 Å². The molecule has 1 rings (SSSR count). The number of aromatic nitrogens is 1. The number of rotatable bonds is 5. The van der Waals surface area contributed by atoms with Gasteiger partial charge < -0.3 is 15.8 Å². The average molecular weight is 257 g/mol. The lowest BCUT2D eigenvalue weighted by atomic mass is 10.1. The Balaban J connectivity index is 2.83. The number of nitrogens with two attached hydrogens (primary N) is 1. The Morgan fingerprint density at radius 1 is 1.71 bits per heavy atom. The van der Waals surface area contributed by atoms with Crippen LogP contribution in [0.2, 0.25) is 5.02 Å². The zero-order valence-electron chi connectivity index (χ0n) is 9.97. The molecule has 0 bridgehead atoms. The van der Waals surface area contributed by atoms with Crippen LogP contribution in [0, 0.1) is 5.92 Å². The fourth-order valence-electron chi connectivity index (χ4n) is 1.50. The van der Waals surface area contributed by atoms with E-state index < -0.39 is 0 Å². The highest BCUT2D eigenvalue weighted by molar-refractivity contribution is 6.32. The number of pyridine rings is 1. The van der Waals surface area contributed by atoms with Gasteiger partial charge in [0.25, 0.3) is 0 Å². The minimum atomic E-state index is -0.0713. The molecule has 0 spiro atoms. The summed E-state index contributed by atoms with van der Waals surface area (Å²) >= 11 is 6.08. The molecule has 94 valence electrons. The SMILES string of the molecule is CCN(CC(C)/C(N)=N/O)c1ncccc1Cl. The molecule has 0 aliphatic carbocycles. The zero-order valence-corrected chi connectivity index (χ0v) is 10.7. The van der Waals surface area contributed by atoms with Crippen LogP contribution in [-0.4, -0.2) is 29.1 Å². The van der Waals surface area contributed by atoms with E-state index in [1.54, 1.807) is 18.3 Å². The van der Waals surface area contributed by atoms with Crippen molar-refractivity contribution in [2.24, 2.45) is 16.8 Å². The highest BCUT2D eigenvalue weighted by Gasteiger charge is 2.15. The Kier molecular flexibility index (Phi) is 5.03. The normalized spacial score (nSPS) is 13.5. The lowest BCUT2D eigenvalue weighted by Crippen LogP contribution is -2.35. The summed E-state index contributed by atoms with van der Waals surface area (Å²) in [5.74, 6) is 0.850. The van der Waals surface area contributed by atoms with Crippen molar-refractivity contribution in [3.8, 4) is 0 Å². The summed E-state index contributed by atoms with van der Waals surface area (Å²) in [6.07, 6.45) is 1.69. The second kappa shape index (κ2) is 6.30. The molecular formula is C11H17ClN4O. The number of anilines is 1. The van der Waals surface area contributed by atoms with Crippen molar-refractivity contribution in [1.29, 1.82) is 0 Å². The van der Waals surface area contributed by atoms with Crippen molar-refractivity contribution >= 4 is 23.3 Å². The molecule has 6 heteroatoms. The van der Waals surface area contributed by atoms with E-state index >= 15 is 0 Å². The number of amidine groups is 1. The van der Waals surface area contributed by atoms with Crippen molar-refractivity contribution in [3.05, 3.63) is 23.4 Å². The van der Waals surface area contributed by atoms with E-state index in [1.807, 2.05) is 18.7 Å². The van der Waals surface area contributed by atoms with Gasteiger partial charge in [0.2, 0.25) is 0 Å². The Hall–Kier alpha value is -1.49. The first-order valence-corrected chi connectivity index (χ1v) is 5.80. The first kappa shape index (κ1) is 13.6. The van der Waals surface area contributed by atoms with Crippen LogP contribution in [0.15, 0.2) is 23.5 Å². The maximum Gasteiger partial charge on any atom is 0.147 e. The van der Waals surface area contributed by atoms with E-state index in [0.29, 0.717) is 17.4 Å². The predicted octanol–water partition coefficient (Wildman–Crippen LogP) is 1.94. The Morgan fingerprint density at radius 2 is 2.41 bits per heavy atom. The van der Waals surface area contributed by atoms with Gasteiger partial charge >= 0.3 is 0 Å². The molecule has 5 nitrogen and oxygen atoms in total. The van der Waals surface area contributed by atoms with Gasteiger partial charge in [0.05, 0.1) is 5.02 Å². The largest absolute Gasteiger partial charge is 0.409 e. The summed E-state index contributed by atoms with van der Waals surface area (Å²) in [5.41, 5.74) is 5.56. The summed E-state index contributed by atoms with van der Waals surface area (Å²) in [6.45, 7) is 5.24. The van der Waals surface area contributed by atoms with Gasteiger partial charge in [-0.1, -0.05) is 23.7 Å². The monoisotopic (exact) mass is 256 g/mol. The smallest absolute Gasteiger partial charge is 0.147 e. The van der Waals surface area contributed by atoms with Crippen LogP contribution in [0.3, 0.4) is 0 Å². The van der Waals surface area contributed by atoms with E-state index in [2.05, 4.69) is 10.1 Å². The van der Waals surface area contributed by atoms with E-state index in [9.17, 15) is 0 Å². The highest BCUT2D eigenvalue weighted by Crippen LogP contribution is 2.22. The molecule has 0 saturated heterocycles. The third-order valence-electron chi connectivity index (χ3n) is 2.53. The van der Waals surface area contributed by atoms with Crippen LogP contribution >= 0.6 is 11.6 Å². The molecule has 3 N–H and O–H groups in total. The van der Waals surface area contributed by atoms with E-state index in [4.69, 9.17) is 22.5 Å². The van der Waals surface area contributed by atoms with Crippen molar-refractivity contribution in [2.75, 3.05) is 18.0 Å². The first-order valence-electron chi connectivity index (χ1n) is 5.43. The van der Waals surface area contributed by atoms with Gasteiger partial charge in [-0.05, 0) is 19.1 Å². The molecule has 0 saturated carbocycles. The number of halogens is 1. The summed E-state index contributed by atoms with van der Waals surface area (Å²) in [5, 5.41) is 12.2. The molecule has 17 heavy (non-hydrogen) atoms. The maximum atomic E-state index is 8.62. The van der Waals surface area contributed by atoms with Crippen LogP contribution in [0.1, 0.15) is 13.8 Å². The van der Waals surface area contributed by atoms with Crippen LogP contribution in [0.4, 0.5) is 5.82 Å². The fourth-order valence-corrected chi connectivity index (χ4v) is 1.74. The molecular weight excluding hydrogens is 240 g/mol. The zero-order chi connectivity index (χ0) is 12.8. The summed E-state index contributed by atoms with van der Waals surface area (Å²) in [4.78, 5) is 6.23. The van der Waals surface area contributed by atoms with E-state index in [-0.39, 0.29) is 11.8 Å². The molecule has 0 amide bonds. The molecule has 0 fully saturated rings. The van der Waals surface area contributed by atoms with Gasteiger partial charge in [-0.2, -0.15) is 0 Å². The molecule has 1 aromatic heterocycles. The second-order valence-electron chi connectivity index (χ2n) is 3.77. The van der Waals surface area contributed by atoms with Gasteiger partial charge in [-0.25, -0.2) is 4.98 Å². The molecule has 1 atom stereocenters. The van der Waals surface area contributed by atoms with Crippen LogP contribution < -0.4 is 10.6 Å². The standard InChI is InChI=1S/C11H17ClN4O/c1-3-16(7-8(2)10(13)15-17)11-9(12)5-4-6-14-11/h4-6,8,17H,3,7H2,1-2H3,(H2,13,15). The summed E-state index contributed by atoms with van der Waals surface area (Å²) in [7, 11) is 0. The third kappa shape index (κ3) is 3.49. The molecule has 1 aromatic rings. The average Bonchev–Trinajstić information content (AvgIpc) is 2.35. The quantitative estimate of drug-likeness (QED) is 0.365. The Bertz CT molecular complexity index is 397. The van der Waals surface area contributed by atoms with E-state index in [1.165, 1.54) is 0 Å². The van der Waals surface area contributed by atoms with E-state index in [0.717, 1.165) is 6.54 Å². The molecule has 0 aromatic carbocycles. The Labute approximate surface area is 106 Å². The molecule has 1 unspecified atom stereocenters. The number of oxime groups is 1. The van der Waals surface area contributed by atoms with Gasteiger partial charge in [0.1, 0.15) is 11.7 Å². The molecule has 0 aliphatic rings. The van der Waals surface area contributed by atoms with Gasteiger partial charge in [-0.3, -0.25) is 0 Å². The minimum absolute atomic E-state index is 0.0713. The third-order valence-corrected chi connectivity index (χ3v) is 2.83. The minimum Gasteiger partial charge on any atom is -0.409 e. The van der Waals surface area contributed by atoms with Crippen molar-refractivity contribution in [2.45, 2.75) is 13.8 Å².